The van der Waals surface area contributed by atoms with Crippen molar-refractivity contribution >= 4 is 6.03 Å². The maximum atomic E-state index is 11.9. The van der Waals surface area contributed by atoms with Crippen molar-refractivity contribution in [3.05, 3.63) is 0 Å². The van der Waals surface area contributed by atoms with Crippen LogP contribution in [0.15, 0.2) is 0 Å². The second kappa shape index (κ2) is 4.84. The van der Waals surface area contributed by atoms with E-state index in [1.54, 1.807) is 0 Å². The molecule has 0 radical (unpaired) electrons. The molecule has 1 aliphatic carbocycles. The number of carbonyl (C=O) groups excluding carboxylic acids is 1. The van der Waals surface area contributed by atoms with Gasteiger partial charge in [-0.05, 0) is 40.0 Å². The topological polar surface area (TPSA) is 58.4 Å². The van der Waals surface area contributed by atoms with Crippen LogP contribution in [0.2, 0.25) is 0 Å². The van der Waals surface area contributed by atoms with E-state index in [0.29, 0.717) is 19.1 Å². The normalized spacial score (nSPS) is 17.1. The maximum Gasteiger partial charge on any atom is 0.318 e. The molecule has 4 nitrogen and oxygen atoms in total. The smallest absolute Gasteiger partial charge is 0.318 e. The molecule has 0 aliphatic heterocycles. The molecule has 0 saturated heterocycles. The van der Waals surface area contributed by atoms with Gasteiger partial charge in [-0.1, -0.05) is 0 Å². The molecule has 0 heterocycles. The van der Waals surface area contributed by atoms with E-state index in [1.165, 1.54) is 6.42 Å². The summed E-state index contributed by atoms with van der Waals surface area (Å²) < 4.78 is 0. The van der Waals surface area contributed by atoms with Gasteiger partial charge < -0.3 is 16.0 Å². The van der Waals surface area contributed by atoms with Crippen LogP contribution in [-0.4, -0.2) is 35.6 Å². The molecule has 0 aromatic rings. The molecule has 0 atom stereocenters. The summed E-state index contributed by atoms with van der Waals surface area (Å²) in [6.07, 6.45) is 3.48. The summed E-state index contributed by atoms with van der Waals surface area (Å²) in [6, 6.07) is 0.438. The largest absolute Gasteiger partial charge is 0.333 e. The van der Waals surface area contributed by atoms with Crippen molar-refractivity contribution in [3.63, 3.8) is 0 Å². The van der Waals surface area contributed by atoms with Crippen molar-refractivity contribution in [2.24, 2.45) is 5.73 Å². The van der Waals surface area contributed by atoms with Crippen LogP contribution in [-0.2, 0) is 0 Å². The van der Waals surface area contributed by atoms with E-state index < -0.39 is 0 Å². The highest BCUT2D eigenvalue weighted by molar-refractivity contribution is 5.75. The van der Waals surface area contributed by atoms with Crippen molar-refractivity contribution in [3.8, 4) is 0 Å². The van der Waals surface area contributed by atoms with Gasteiger partial charge in [-0.25, -0.2) is 4.79 Å². The Bertz CT molecular complexity index is 218. The predicted octanol–water partition coefficient (Wildman–Crippen LogP) is 1.31. The Kier molecular flexibility index (Phi) is 3.97. The number of rotatable bonds is 3. The summed E-state index contributed by atoms with van der Waals surface area (Å²) in [5.41, 5.74) is 5.35. The Balaban J connectivity index is 2.50. The third kappa shape index (κ3) is 3.70. The number of nitrogens with one attached hydrogen (secondary N) is 1. The van der Waals surface area contributed by atoms with E-state index in [2.05, 4.69) is 5.32 Å². The van der Waals surface area contributed by atoms with Gasteiger partial charge in [0.25, 0.3) is 0 Å². The Morgan fingerprint density at radius 1 is 1.47 bits per heavy atom. The molecule has 0 aromatic carbocycles. The third-order valence-corrected chi connectivity index (χ3v) is 2.63. The van der Waals surface area contributed by atoms with Gasteiger partial charge in [0.1, 0.15) is 0 Å². The molecular weight excluding hydrogens is 190 g/mol. The number of urea groups is 1. The summed E-state index contributed by atoms with van der Waals surface area (Å²) >= 11 is 0. The molecule has 88 valence electrons. The minimum Gasteiger partial charge on any atom is -0.333 e. The van der Waals surface area contributed by atoms with Crippen LogP contribution in [0, 0.1) is 0 Å². The Labute approximate surface area is 92.2 Å². The first-order chi connectivity index (χ1) is 6.94. The molecule has 0 bridgehead atoms. The monoisotopic (exact) mass is 213 g/mol. The highest BCUT2D eigenvalue weighted by atomic mass is 16.2. The zero-order chi connectivity index (χ0) is 11.5. The number of amides is 2. The van der Waals surface area contributed by atoms with Crippen molar-refractivity contribution in [2.75, 3.05) is 13.1 Å². The SMILES string of the molecule is CC(C)(C)NC(=O)N(CCN)C1CCC1. The van der Waals surface area contributed by atoms with Crippen molar-refractivity contribution in [2.45, 2.75) is 51.6 Å². The van der Waals surface area contributed by atoms with E-state index in [1.807, 2.05) is 25.7 Å². The maximum absolute atomic E-state index is 11.9. The molecule has 1 rings (SSSR count). The second-order valence-electron chi connectivity index (χ2n) is 5.25. The van der Waals surface area contributed by atoms with Gasteiger partial charge in [0.05, 0.1) is 0 Å². The molecule has 0 spiro atoms. The molecule has 0 unspecified atom stereocenters. The third-order valence-electron chi connectivity index (χ3n) is 2.63. The Morgan fingerprint density at radius 3 is 2.40 bits per heavy atom. The van der Waals surface area contributed by atoms with E-state index in [9.17, 15) is 4.79 Å². The lowest BCUT2D eigenvalue weighted by molar-refractivity contribution is 0.134. The van der Waals surface area contributed by atoms with Gasteiger partial charge in [0, 0.05) is 24.7 Å². The van der Waals surface area contributed by atoms with E-state index in [0.717, 1.165) is 12.8 Å². The molecule has 2 amide bonds. The first-order valence-corrected chi connectivity index (χ1v) is 5.73. The first kappa shape index (κ1) is 12.3. The quantitative estimate of drug-likeness (QED) is 0.742. The number of hydrogen-bond donors (Lipinski definition) is 2. The lowest BCUT2D eigenvalue weighted by Crippen LogP contribution is -2.54. The van der Waals surface area contributed by atoms with Crippen LogP contribution in [0.25, 0.3) is 0 Å². The first-order valence-electron chi connectivity index (χ1n) is 5.73. The molecule has 1 fully saturated rings. The zero-order valence-corrected chi connectivity index (χ0v) is 10.0. The van der Waals surface area contributed by atoms with E-state index in [4.69, 9.17) is 5.73 Å². The number of nitrogens with two attached hydrogens (primary N) is 1. The molecular formula is C11H23N3O. The van der Waals surface area contributed by atoms with Crippen LogP contribution in [0.5, 0.6) is 0 Å². The van der Waals surface area contributed by atoms with Crippen molar-refractivity contribution < 1.29 is 4.79 Å². The minimum absolute atomic E-state index is 0.0256. The fraction of sp³-hybridized carbons (Fsp3) is 0.909. The van der Waals surface area contributed by atoms with Crippen LogP contribution >= 0.6 is 0 Å². The average Bonchev–Trinajstić information content (AvgIpc) is 1.96. The molecule has 0 aromatic heterocycles. The van der Waals surface area contributed by atoms with Crippen LogP contribution < -0.4 is 11.1 Å². The Hall–Kier alpha value is -0.770. The summed E-state index contributed by atoms with van der Waals surface area (Å²) in [4.78, 5) is 13.8. The fourth-order valence-corrected chi connectivity index (χ4v) is 1.68. The standard InChI is InChI=1S/C11H23N3O/c1-11(2,3)13-10(15)14(8-7-12)9-5-4-6-9/h9H,4-8,12H2,1-3H3,(H,13,15). The second-order valence-corrected chi connectivity index (χ2v) is 5.25. The summed E-state index contributed by atoms with van der Waals surface area (Å²) in [5, 5.41) is 2.98. The molecule has 15 heavy (non-hydrogen) atoms. The highest BCUT2D eigenvalue weighted by Crippen LogP contribution is 2.24. The van der Waals surface area contributed by atoms with Crippen molar-refractivity contribution in [1.29, 1.82) is 0 Å². The van der Waals surface area contributed by atoms with E-state index in [-0.39, 0.29) is 11.6 Å². The molecule has 1 saturated carbocycles. The minimum atomic E-state index is -0.173. The highest BCUT2D eigenvalue weighted by Gasteiger charge is 2.29. The summed E-state index contributed by atoms with van der Waals surface area (Å²) in [5.74, 6) is 0. The van der Waals surface area contributed by atoms with Crippen LogP contribution in [0.3, 0.4) is 0 Å². The fourth-order valence-electron chi connectivity index (χ4n) is 1.68. The van der Waals surface area contributed by atoms with Gasteiger partial charge in [0.15, 0.2) is 0 Å². The van der Waals surface area contributed by atoms with Gasteiger partial charge in [0.2, 0.25) is 0 Å². The lowest BCUT2D eigenvalue weighted by Gasteiger charge is -2.39. The molecule has 1 aliphatic rings. The van der Waals surface area contributed by atoms with Crippen LogP contribution in [0.4, 0.5) is 4.79 Å². The summed E-state index contributed by atoms with van der Waals surface area (Å²) in [6.45, 7) is 7.17. The van der Waals surface area contributed by atoms with Gasteiger partial charge >= 0.3 is 6.03 Å². The number of nitrogens with zero attached hydrogens (tertiary/aromatic N) is 1. The summed E-state index contributed by atoms with van der Waals surface area (Å²) in [7, 11) is 0. The molecule has 3 N–H and O–H groups in total. The number of hydrogen-bond acceptors (Lipinski definition) is 2. The van der Waals surface area contributed by atoms with E-state index >= 15 is 0 Å². The zero-order valence-electron chi connectivity index (χ0n) is 10.0. The predicted molar refractivity (Wildman–Crippen MR) is 61.7 cm³/mol. The van der Waals surface area contributed by atoms with Crippen molar-refractivity contribution in [1.82, 2.24) is 10.2 Å². The van der Waals surface area contributed by atoms with Gasteiger partial charge in [-0.15, -0.1) is 0 Å². The Morgan fingerprint density at radius 2 is 2.07 bits per heavy atom. The van der Waals surface area contributed by atoms with Crippen LogP contribution in [0.1, 0.15) is 40.0 Å². The molecule has 4 heteroatoms. The average molecular weight is 213 g/mol. The van der Waals surface area contributed by atoms with Gasteiger partial charge in [-0.2, -0.15) is 0 Å². The lowest BCUT2D eigenvalue weighted by atomic mass is 9.91. The number of carbonyl (C=O) groups is 1. The van der Waals surface area contributed by atoms with Gasteiger partial charge in [-0.3, -0.25) is 0 Å².